The van der Waals surface area contributed by atoms with Crippen LogP contribution in [-0.2, 0) is 9.59 Å². The summed E-state index contributed by atoms with van der Waals surface area (Å²) < 4.78 is 17.1. The van der Waals surface area contributed by atoms with E-state index in [1.165, 1.54) is 0 Å². The van der Waals surface area contributed by atoms with E-state index in [1.54, 1.807) is 23.1 Å². The smallest absolute Gasteiger partial charge is 0.265 e. The number of nitrogens with zero attached hydrogens (tertiary/aromatic N) is 1. The van der Waals surface area contributed by atoms with E-state index in [9.17, 15) is 9.59 Å². The Morgan fingerprint density at radius 3 is 2.68 bits per heavy atom. The van der Waals surface area contributed by atoms with Crippen molar-refractivity contribution >= 4 is 23.2 Å². The molecule has 0 saturated heterocycles. The van der Waals surface area contributed by atoms with Crippen molar-refractivity contribution in [3.63, 3.8) is 0 Å². The molecule has 0 fully saturated rings. The van der Waals surface area contributed by atoms with E-state index in [4.69, 9.17) is 14.2 Å². The van der Waals surface area contributed by atoms with Crippen LogP contribution in [0, 0.1) is 20.8 Å². The van der Waals surface area contributed by atoms with E-state index in [0.717, 1.165) is 22.4 Å². The van der Waals surface area contributed by atoms with Crippen LogP contribution in [0.25, 0.3) is 0 Å². The van der Waals surface area contributed by atoms with E-state index < -0.39 is 0 Å². The minimum absolute atomic E-state index is 0.0349. The van der Waals surface area contributed by atoms with Gasteiger partial charge in [0, 0.05) is 5.69 Å². The molecule has 0 spiro atoms. The molecule has 176 valence electrons. The maximum atomic E-state index is 12.5. The lowest BCUT2D eigenvalue weighted by atomic mass is 10.1. The van der Waals surface area contributed by atoms with Crippen LogP contribution in [0.1, 0.15) is 16.7 Å². The second kappa shape index (κ2) is 10.3. The summed E-state index contributed by atoms with van der Waals surface area (Å²) in [5.41, 5.74) is 4.35. The quantitative estimate of drug-likeness (QED) is 0.538. The fourth-order valence-electron chi connectivity index (χ4n) is 3.71. The maximum absolute atomic E-state index is 12.5. The molecule has 1 heterocycles. The number of aryl methyl sites for hydroxylation is 2. The molecule has 3 aromatic rings. The van der Waals surface area contributed by atoms with Gasteiger partial charge in [0.15, 0.2) is 13.2 Å². The molecule has 2 amide bonds. The molecule has 0 unspecified atom stereocenters. The molecule has 0 atom stereocenters. The molecule has 0 saturated carbocycles. The second-order valence-electron chi connectivity index (χ2n) is 8.22. The van der Waals surface area contributed by atoms with Crippen LogP contribution >= 0.6 is 0 Å². The van der Waals surface area contributed by atoms with Gasteiger partial charge in [0.1, 0.15) is 23.9 Å². The van der Waals surface area contributed by atoms with Crippen molar-refractivity contribution < 1.29 is 23.8 Å². The summed E-state index contributed by atoms with van der Waals surface area (Å²) in [6.45, 7) is 6.48. The highest BCUT2D eigenvalue weighted by molar-refractivity contribution is 5.99. The van der Waals surface area contributed by atoms with Crippen molar-refractivity contribution in [2.75, 3.05) is 36.6 Å². The van der Waals surface area contributed by atoms with Crippen LogP contribution in [0.5, 0.6) is 17.2 Å². The molecule has 0 aliphatic carbocycles. The van der Waals surface area contributed by atoms with Gasteiger partial charge in [-0.15, -0.1) is 0 Å². The minimum Gasteiger partial charge on any atom is -0.492 e. The number of amides is 2. The molecule has 0 radical (unpaired) electrons. The first kappa shape index (κ1) is 23.2. The molecule has 1 N–H and O–H groups in total. The van der Waals surface area contributed by atoms with Gasteiger partial charge in [0.2, 0.25) is 0 Å². The summed E-state index contributed by atoms with van der Waals surface area (Å²) in [5, 5.41) is 2.83. The summed E-state index contributed by atoms with van der Waals surface area (Å²) in [7, 11) is 0. The van der Waals surface area contributed by atoms with Gasteiger partial charge in [-0.2, -0.15) is 0 Å². The Morgan fingerprint density at radius 1 is 1.03 bits per heavy atom. The zero-order chi connectivity index (χ0) is 24.1. The highest BCUT2D eigenvalue weighted by atomic mass is 16.5. The van der Waals surface area contributed by atoms with E-state index in [2.05, 4.69) is 5.32 Å². The summed E-state index contributed by atoms with van der Waals surface area (Å²) >= 11 is 0. The zero-order valence-corrected chi connectivity index (χ0v) is 19.6. The number of hydrogen-bond donors (Lipinski definition) is 1. The largest absolute Gasteiger partial charge is 0.492 e. The number of carbonyl (C=O) groups is 2. The molecule has 0 bridgehead atoms. The van der Waals surface area contributed by atoms with Crippen LogP contribution in [0.4, 0.5) is 11.4 Å². The number of benzene rings is 3. The summed E-state index contributed by atoms with van der Waals surface area (Å²) in [5.74, 6) is 1.56. The lowest BCUT2D eigenvalue weighted by molar-refractivity contribution is -0.121. The van der Waals surface area contributed by atoms with Gasteiger partial charge in [0.25, 0.3) is 11.8 Å². The Kier molecular flexibility index (Phi) is 7.01. The minimum atomic E-state index is -0.293. The highest BCUT2D eigenvalue weighted by Crippen LogP contribution is 2.34. The molecule has 7 heteroatoms. The predicted octanol–water partition coefficient (Wildman–Crippen LogP) is 4.43. The predicted molar refractivity (Wildman–Crippen MR) is 131 cm³/mol. The number of rotatable bonds is 8. The first-order valence-electron chi connectivity index (χ1n) is 11.2. The van der Waals surface area contributed by atoms with Gasteiger partial charge in [0.05, 0.1) is 12.2 Å². The second-order valence-corrected chi connectivity index (χ2v) is 8.22. The van der Waals surface area contributed by atoms with E-state index in [-0.39, 0.29) is 25.0 Å². The van der Waals surface area contributed by atoms with Crippen LogP contribution < -0.4 is 24.4 Å². The first-order chi connectivity index (χ1) is 16.4. The lowest BCUT2D eigenvalue weighted by Crippen LogP contribution is -2.41. The standard InChI is InChI=1S/C27H28N2O5/c1-18-6-4-8-22(14-18)32-13-12-29-23-15-21(10-11-25(23)34-17-27(29)31)28-26(30)16-33-24-9-5-7-19(2)20(24)3/h4-11,14-15H,12-13,16-17H2,1-3H3,(H,28,30). The fourth-order valence-corrected chi connectivity index (χ4v) is 3.71. The zero-order valence-electron chi connectivity index (χ0n) is 19.6. The number of carbonyl (C=O) groups excluding carboxylic acids is 2. The van der Waals surface area contributed by atoms with Crippen molar-refractivity contribution in [2.45, 2.75) is 20.8 Å². The van der Waals surface area contributed by atoms with Gasteiger partial charge >= 0.3 is 0 Å². The number of nitrogens with one attached hydrogen (secondary N) is 1. The Labute approximate surface area is 199 Å². The third-order valence-corrected chi connectivity index (χ3v) is 5.67. The number of ether oxygens (including phenoxy) is 3. The molecule has 3 aromatic carbocycles. The molecular weight excluding hydrogens is 432 g/mol. The fraction of sp³-hybridized carbons (Fsp3) is 0.259. The average Bonchev–Trinajstić information content (AvgIpc) is 2.81. The number of hydrogen-bond acceptors (Lipinski definition) is 5. The maximum Gasteiger partial charge on any atom is 0.265 e. The van der Waals surface area contributed by atoms with Crippen LogP contribution in [0.3, 0.4) is 0 Å². The third kappa shape index (κ3) is 5.49. The van der Waals surface area contributed by atoms with Gasteiger partial charge in [-0.05, 0) is 73.9 Å². The summed E-state index contributed by atoms with van der Waals surface area (Å²) in [6.07, 6.45) is 0. The topological polar surface area (TPSA) is 77.1 Å². The normalized spacial score (nSPS) is 12.6. The molecular formula is C27H28N2O5. The third-order valence-electron chi connectivity index (χ3n) is 5.67. The number of anilines is 2. The monoisotopic (exact) mass is 460 g/mol. The number of fused-ring (bicyclic) bond motifs is 1. The molecule has 34 heavy (non-hydrogen) atoms. The van der Waals surface area contributed by atoms with E-state index in [1.807, 2.05) is 63.2 Å². The van der Waals surface area contributed by atoms with E-state index in [0.29, 0.717) is 36.0 Å². The van der Waals surface area contributed by atoms with Gasteiger partial charge < -0.3 is 24.4 Å². The highest BCUT2D eigenvalue weighted by Gasteiger charge is 2.26. The van der Waals surface area contributed by atoms with Crippen LogP contribution in [0.15, 0.2) is 60.7 Å². The summed E-state index contributed by atoms with van der Waals surface area (Å²) in [4.78, 5) is 26.7. The Balaban J connectivity index is 1.39. The molecule has 7 nitrogen and oxygen atoms in total. The van der Waals surface area contributed by atoms with Gasteiger partial charge in [-0.1, -0.05) is 24.3 Å². The SMILES string of the molecule is Cc1cccc(OCCN2C(=O)COc3ccc(NC(=O)COc4cccc(C)c4C)cc32)c1. The van der Waals surface area contributed by atoms with Gasteiger partial charge in [-0.3, -0.25) is 9.59 Å². The Morgan fingerprint density at radius 2 is 1.85 bits per heavy atom. The van der Waals surface area contributed by atoms with Crippen LogP contribution in [0.2, 0.25) is 0 Å². The van der Waals surface area contributed by atoms with E-state index >= 15 is 0 Å². The van der Waals surface area contributed by atoms with Crippen molar-refractivity contribution in [3.8, 4) is 17.2 Å². The van der Waals surface area contributed by atoms with Crippen molar-refractivity contribution in [1.82, 2.24) is 0 Å². The molecule has 1 aliphatic heterocycles. The first-order valence-corrected chi connectivity index (χ1v) is 11.2. The molecule has 4 rings (SSSR count). The van der Waals surface area contributed by atoms with Crippen molar-refractivity contribution in [3.05, 3.63) is 77.4 Å². The Bertz CT molecular complexity index is 1210. The van der Waals surface area contributed by atoms with Crippen molar-refractivity contribution in [2.24, 2.45) is 0 Å². The van der Waals surface area contributed by atoms with Crippen LogP contribution in [-0.4, -0.2) is 38.2 Å². The average molecular weight is 461 g/mol. The van der Waals surface area contributed by atoms with Gasteiger partial charge in [-0.25, -0.2) is 0 Å². The molecule has 0 aromatic heterocycles. The lowest BCUT2D eigenvalue weighted by Gasteiger charge is -2.29. The Hall–Kier alpha value is -4.00. The summed E-state index contributed by atoms with van der Waals surface area (Å²) in [6, 6.07) is 18.7. The van der Waals surface area contributed by atoms with Crippen molar-refractivity contribution in [1.29, 1.82) is 0 Å². The molecule has 1 aliphatic rings.